The van der Waals surface area contributed by atoms with Crippen LogP contribution >= 0.6 is 35.0 Å². The van der Waals surface area contributed by atoms with Crippen molar-refractivity contribution in [3.05, 3.63) is 39.2 Å². The van der Waals surface area contributed by atoms with Crippen molar-refractivity contribution in [3.8, 4) is 0 Å². The highest BCUT2D eigenvalue weighted by Gasteiger charge is 2.33. The third-order valence-corrected chi connectivity index (χ3v) is 5.05. The zero-order valence-corrected chi connectivity index (χ0v) is 16.0. The van der Waals surface area contributed by atoms with E-state index in [1.807, 2.05) is 0 Å². The summed E-state index contributed by atoms with van der Waals surface area (Å²) >= 11 is 13.1. The summed E-state index contributed by atoms with van der Waals surface area (Å²) in [5.74, 6) is -1.50. The summed E-state index contributed by atoms with van der Waals surface area (Å²) in [6.07, 6.45) is 4.92. The fraction of sp³-hybridized carbons (Fsp3) is 0.353. The van der Waals surface area contributed by atoms with Crippen LogP contribution in [0, 0.1) is 0 Å². The summed E-state index contributed by atoms with van der Waals surface area (Å²) in [7, 11) is 0. The van der Waals surface area contributed by atoms with Gasteiger partial charge in [-0.3, -0.25) is 9.69 Å². The van der Waals surface area contributed by atoms with Crippen molar-refractivity contribution in [3.63, 3.8) is 0 Å². The predicted molar refractivity (Wildman–Crippen MR) is 103 cm³/mol. The van der Waals surface area contributed by atoms with E-state index >= 15 is 0 Å². The molecule has 1 aliphatic heterocycles. The first-order valence-corrected chi connectivity index (χ1v) is 9.47. The number of carbonyl (C=O) groups is 2. The lowest BCUT2D eigenvalue weighted by molar-refractivity contribution is -0.132. The van der Waals surface area contributed by atoms with Gasteiger partial charge in [0.15, 0.2) is 5.17 Å². The molecule has 1 aromatic rings. The van der Waals surface area contributed by atoms with Crippen LogP contribution in [0.25, 0.3) is 0 Å². The van der Waals surface area contributed by atoms with Gasteiger partial charge in [0.05, 0.1) is 15.6 Å². The van der Waals surface area contributed by atoms with Crippen LogP contribution in [0.5, 0.6) is 0 Å². The zero-order chi connectivity index (χ0) is 18.4. The molecule has 0 radical (unpaired) electrons. The van der Waals surface area contributed by atoms with E-state index in [1.54, 1.807) is 18.2 Å². The maximum atomic E-state index is 12.5. The number of amides is 1. The molecule has 0 saturated carbocycles. The number of hydrogen-bond acceptors (Lipinski definition) is 4. The molecule has 1 N–H and O–H groups in total. The number of nitrogens with zero attached hydrogens (tertiary/aromatic N) is 2. The second-order valence-corrected chi connectivity index (χ2v) is 7.31. The largest absolute Gasteiger partial charge is 0.478 e. The van der Waals surface area contributed by atoms with Crippen molar-refractivity contribution in [1.29, 1.82) is 0 Å². The standard InChI is InChI=1S/C17H18Cl2N2O3S/c1-2-3-4-5-8-21-16(24)14(10-15(22)23)25-17(21)20-13-7-6-11(18)9-12(13)19/h6-7,9-10H,2-5,8H2,1H3,(H,22,23)/b14-10-,20-17?. The molecule has 0 atom stereocenters. The molecule has 1 heterocycles. The third-order valence-electron chi connectivity index (χ3n) is 3.50. The van der Waals surface area contributed by atoms with Gasteiger partial charge in [-0.15, -0.1) is 0 Å². The highest BCUT2D eigenvalue weighted by Crippen LogP contribution is 2.35. The molecule has 1 aromatic carbocycles. The molecule has 0 spiro atoms. The Kier molecular flexibility index (Phi) is 7.35. The van der Waals surface area contributed by atoms with Gasteiger partial charge in [-0.1, -0.05) is 49.4 Å². The Morgan fingerprint density at radius 3 is 2.72 bits per heavy atom. The molecule has 1 saturated heterocycles. The summed E-state index contributed by atoms with van der Waals surface area (Å²) in [5.41, 5.74) is 0.483. The first kappa shape index (κ1) is 19.8. The Morgan fingerprint density at radius 1 is 1.32 bits per heavy atom. The lowest BCUT2D eigenvalue weighted by Crippen LogP contribution is -2.30. The summed E-state index contributed by atoms with van der Waals surface area (Å²) in [6, 6.07) is 4.90. The normalized spacial score (nSPS) is 17.7. The highest BCUT2D eigenvalue weighted by atomic mass is 35.5. The number of halogens is 2. The van der Waals surface area contributed by atoms with Crippen molar-refractivity contribution in [2.24, 2.45) is 4.99 Å². The van der Waals surface area contributed by atoms with Crippen molar-refractivity contribution in [2.45, 2.75) is 32.6 Å². The summed E-state index contributed by atoms with van der Waals surface area (Å²) < 4.78 is 0. The minimum absolute atomic E-state index is 0.145. The fourth-order valence-corrected chi connectivity index (χ4v) is 3.71. The minimum Gasteiger partial charge on any atom is -0.478 e. The summed E-state index contributed by atoms with van der Waals surface area (Å²) in [4.78, 5) is 29.5. The lowest BCUT2D eigenvalue weighted by atomic mass is 10.2. The Hall–Kier alpha value is -1.50. The molecule has 5 nitrogen and oxygen atoms in total. The van der Waals surface area contributed by atoms with Gasteiger partial charge in [0.1, 0.15) is 0 Å². The van der Waals surface area contributed by atoms with Crippen LogP contribution in [0.2, 0.25) is 10.0 Å². The van der Waals surface area contributed by atoms with Gasteiger partial charge < -0.3 is 5.11 Å². The molecule has 1 fully saturated rings. The van der Waals surface area contributed by atoms with Crippen molar-refractivity contribution < 1.29 is 14.7 Å². The van der Waals surface area contributed by atoms with Crippen LogP contribution in [0.15, 0.2) is 34.2 Å². The molecule has 8 heteroatoms. The first-order valence-electron chi connectivity index (χ1n) is 7.90. The van der Waals surface area contributed by atoms with E-state index in [0.717, 1.165) is 43.5 Å². The van der Waals surface area contributed by atoms with Crippen LogP contribution in [0.1, 0.15) is 32.6 Å². The van der Waals surface area contributed by atoms with Crippen LogP contribution in [-0.2, 0) is 9.59 Å². The number of carboxylic acids is 1. The number of carboxylic acid groups (broad SMARTS) is 1. The quantitative estimate of drug-likeness (QED) is 0.510. The number of aliphatic imine (C=N–C) groups is 1. The molecular formula is C17H18Cl2N2O3S. The van der Waals surface area contributed by atoms with E-state index < -0.39 is 5.97 Å². The second kappa shape index (κ2) is 9.27. The molecule has 0 aromatic heterocycles. The Bertz CT molecular complexity index is 735. The van der Waals surface area contributed by atoms with Gasteiger partial charge in [-0.2, -0.15) is 0 Å². The number of hydrogen-bond donors (Lipinski definition) is 1. The van der Waals surface area contributed by atoms with Crippen LogP contribution in [0.4, 0.5) is 5.69 Å². The number of amidine groups is 1. The van der Waals surface area contributed by atoms with Crippen LogP contribution in [-0.4, -0.2) is 33.6 Å². The van der Waals surface area contributed by atoms with E-state index in [1.165, 1.54) is 4.90 Å². The topological polar surface area (TPSA) is 70.0 Å². The van der Waals surface area contributed by atoms with Gasteiger partial charge in [-0.25, -0.2) is 9.79 Å². The average Bonchev–Trinajstić information content (AvgIpc) is 2.82. The number of carbonyl (C=O) groups excluding carboxylic acids is 1. The molecule has 2 rings (SSSR count). The van der Waals surface area contributed by atoms with Gasteiger partial charge in [-0.05, 0) is 36.4 Å². The molecule has 1 amide bonds. The number of rotatable bonds is 7. The number of unbranched alkanes of at least 4 members (excludes halogenated alkanes) is 3. The summed E-state index contributed by atoms with van der Waals surface area (Å²) in [6.45, 7) is 2.60. The zero-order valence-electron chi connectivity index (χ0n) is 13.7. The maximum absolute atomic E-state index is 12.5. The third kappa shape index (κ3) is 5.49. The second-order valence-electron chi connectivity index (χ2n) is 5.46. The highest BCUT2D eigenvalue weighted by molar-refractivity contribution is 8.18. The van der Waals surface area contributed by atoms with Gasteiger partial charge in [0.2, 0.25) is 0 Å². The molecule has 1 aliphatic rings. The first-order chi connectivity index (χ1) is 11.9. The minimum atomic E-state index is -1.16. The van der Waals surface area contributed by atoms with Crippen molar-refractivity contribution >= 4 is 57.7 Å². The Morgan fingerprint density at radius 2 is 2.08 bits per heavy atom. The summed E-state index contributed by atoms with van der Waals surface area (Å²) in [5, 5.41) is 10.2. The lowest BCUT2D eigenvalue weighted by Gasteiger charge is -2.15. The predicted octanol–water partition coefficient (Wildman–Crippen LogP) is 5.11. The van der Waals surface area contributed by atoms with E-state index in [-0.39, 0.29) is 10.8 Å². The van der Waals surface area contributed by atoms with Gasteiger partial charge >= 0.3 is 5.97 Å². The monoisotopic (exact) mass is 400 g/mol. The van der Waals surface area contributed by atoms with Gasteiger partial charge in [0, 0.05) is 17.6 Å². The van der Waals surface area contributed by atoms with E-state index in [2.05, 4.69) is 11.9 Å². The maximum Gasteiger partial charge on any atom is 0.329 e. The number of benzene rings is 1. The van der Waals surface area contributed by atoms with Crippen molar-refractivity contribution in [2.75, 3.05) is 6.54 Å². The van der Waals surface area contributed by atoms with Crippen LogP contribution in [0.3, 0.4) is 0 Å². The Balaban J connectivity index is 2.28. The van der Waals surface area contributed by atoms with Crippen molar-refractivity contribution in [1.82, 2.24) is 4.90 Å². The smallest absolute Gasteiger partial charge is 0.329 e. The molecular weight excluding hydrogens is 383 g/mol. The van der Waals surface area contributed by atoms with E-state index in [0.29, 0.717) is 27.4 Å². The van der Waals surface area contributed by atoms with E-state index in [4.69, 9.17) is 28.3 Å². The van der Waals surface area contributed by atoms with Crippen LogP contribution < -0.4 is 0 Å². The molecule has 0 unspecified atom stereocenters. The van der Waals surface area contributed by atoms with E-state index in [9.17, 15) is 9.59 Å². The Labute approximate surface area is 160 Å². The molecule has 134 valence electrons. The number of aliphatic carboxylic acids is 1. The number of thioether (sulfide) groups is 1. The van der Waals surface area contributed by atoms with Gasteiger partial charge in [0.25, 0.3) is 5.91 Å². The molecule has 0 bridgehead atoms. The molecule has 0 aliphatic carbocycles. The SMILES string of the molecule is CCCCCCN1C(=O)/C(=C/C(=O)O)SC1=Nc1ccc(Cl)cc1Cl. The fourth-order valence-electron chi connectivity index (χ4n) is 2.27. The average molecular weight is 401 g/mol. The molecule has 25 heavy (non-hydrogen) atoms.